The van der Waals surface area contributed by atoms with Crippen LogP contribution in [0.3, 0.4) is 0 Å². The summed E-state index contributed by atoms with van der Waals surface area (Å²) in [5.74, 6) is 0.171. The molecule has 0 saturated heterocycles. The molecule has 0 atom stereocenters. The van der Waals surface area contributed by atoms with Crippen molar-refractivity contribution in [3.8, 4) is 11.5 Å². The number of methoxy groups -OCH3 is 1. The molecule has 0 fully saturated rings. The fraction of sp³-hybridized carbons (Fsp3) is 0.125. The molecule has 0 aliphatic carbocycles. The van der Waals surface area contributed by atoms with Crippen molar-refractivity contribution in [1.29, 1.82) is 0 Å². The second-order valence-corrected chi connectivity index (χ2v) is 5.44. The number of benzene rings is 2. The molecule has 2 aromatic carbocycles. The topological polar surface area (TPSA) is 70.9 Å². The molecule has 0 aliphatic rings. The largest absolute Gasteiger partial charge is 0.507 e. The maximum Gasteiger partial charge on any atom is 0.275 e. The second-order valence-electron chi connectivity index (χ2n) is 4.53. The Morgan fingerprint density at radius 2 is 1.91 bits per heavy atom. The molecule has 114 valence electrons. The summed E-state index contributed by atoms with van der Waals surface area (Å²) in [6.07, 6.45) is 0. The number of hydrogen-bond donors (Lipinski definition) is 2. The average Bonchev–Trinajstić information content (AvgIpc) is 2.54. The van der Waals surface area contributed by atoms with E-state index in [-0.39, 0.29) is 11.3 Å². The number of hydrogen-bond acceptors (Lipinski definition) is 4. The van der Waals surface area contributed by atoms with Crippen LogP contribution in [0.2, 0.25) is 0 Å². The first kappa shape index (κ1) is 16.0. The number of carbonyl (C=O) groups is 1. The Labute approximate surface area is 136 Å². The lowest BCUT2D eigenvalue weighted by molar-refractivity contribution is 0.0952. The SMILES string of the molecule is COc1ccc(/C(C)=N/NC(=O)c2cc(Br)ccc2O)cc1. The van der Waals surface area contributed by atoms with E-state index in [0.29, 0.717) is 10.2 Å². The highest BCUT2D eigenvalue weighted by atomic mass is 79.9. The Balaban J connectivity index is 2.12. The summed E-state index contributed by atoms with van der Waals surface area (Å²) in [6.45, 7) is 1.78. The number of rotatable bonds is 4. The van der Waals surface area contributed by atoms with Crippen molar-refractivity contribution in [1.82, 2.24) is 5.43 Å². The number of hydrazone groups is 1. The highest BCUT2D eigenvalue weighted by Gasteiger charge is 2.11. The Kier molecular flexibility index (Phi) is 5.16. The van der Waals surface area contributed by atoms with Crippen LogP contribution in [-0.4, -0.2) is 23.8 Å². The van der Waals surface area contributed by atoms with Gasteiger partial charge in [-0.05, 0) is 55.0 Å². The van der Waals surface area contributed by atoms with Gasteiger partial charge in [0.2, 0.25) is 0 Å². The monoisotopic (exact) mass is 362 g/mol. The summed E-state index contributed by atoms with van der Waals surface area (Å²) >= 11 is 3.26. The van der Waals surface area contributed by atoms with E-state index in [2.05, 4.69) is 26.5 Å². The zero-order valence-electron chi connectivity index (χ0n) is 12.1. The van der Waals surface area contributed by atoms with Gasteiger partial charge >= 0.3 is 0 Å². The lowest BCUT2D eigenvalue weighted by Gasteiger charge is -2.06. The minimum Gasteiger partial charge on any atom is -0.507 e. The predicted molar refractivity (Wildman–Crippen MR) is 88.5 cm³/mol. The molecule has 0 spiro atoms. The van der Waals surface area contributed by atoms with Crippen molar-refractivity contribution >= 4 is 27.5 Å². The van der Waals surface area contributed by atoms with Gasteiger partial charge in [-0.1, -0.05) is 15.9 Å². The van der Waals surface area contributed by atoms with Crippen LogP contribution in [0.15, 0.2) is 52.0 Å². The van der Waals surface area contributed by atoms with Crippen molar-refractivity contribution in [2.24, 2.45) is 5.10 Å². The van der Waals surface area contributed by atoms with Crippen molar-refractivity contribution < 1.29 is 14.6 Å². The van der Waals surface area contributed by atoms with Crippen molar-refractivity contribution in [2.45, 2.75) is 6.92 Å². The fourth-order valence-corrected chi connectivity index (χ4v) is 2.14. The number of carbonyl (C=O) groups excluding carboxylic acids is 1. The van der Waals surface area contributed by atoms with Gasteiger partial charge < -0.3 is 9.84 Å². The molecule has 2 aromatic rings. The zero-order valence-corrected chi connectivity index (χ0v) is 13.7. The number of nitrogens with zero attached hydrogens (tertiary/aromatic N) is 1. The normalized spacial score (nSPS) is 11.1. The van der Waals surface area contributed by atoms with E-state index in [1.807, 2.05) is 24.3 Å². The van der Waals surface area contributed by atoms with Crippen LogP contribution >= 0.6 is 15.9 Å². The number of nitrogens with one attached hydrogen (secondary N) is 1. The molecule has 2 N–H and O–H groups in total. The summed E-state index contributed by atoms with van der Waals surface area (Å²) in [5.41, 5.74) is 4.09. The third kappa shape index (κ3) is 3.85. The van der Waals surface area contributed by atoms with E-state index in [9.17, 15) is 9.90 Å². The summed E-state index contributed by atoms with van der Waals surface area (Å²) in [5, 5.41) is 13.7. The molecule has 0 heterocycles. The molecule has 5 nitrogen and oxygen atoms in total. The van der Waals surface area contributed by atoms with Crippen LogP contribution in [-0.2, 0) is 0 Å². The molecule has 0 aromatic heterocycles. The lowest BCUT2D eigenvalue weighted by atomic mass is 10.1. The van der Waals surface area contributed by atoms with E-state index in [4.69, 9.17) is 4.74 Å². The van der Waals surface area contributed by atoms with Gasteiger partial charge in [-0.3, -0.25) is 4.79 Å². The standard InChI is InChI=1S/C16H15BrN2O3/c1-10(11-3-6-13(22-2)7-4-11)18-19-16(21)14-9-12(17)5-8-15(14)20/h3-9,20H,1-2H3,(H,19,21)/b18-10+. The van der Waals surface area contributed by atoms with Gasteiger partial charge in [0.15, 0.2) is 0 Å². The Morgan fingerprint density at radius 1 is 1.23 bits per heavy atom. The van der Waals surface area contributed by atoms with Crippen LogP contribution in [0, 0.1) is 0 Å². The van der Waals surface area contributed by atoms with E-state index in [0.717, 1.165) is 11.3 Å². The van der Waals surface area contributed by atoms with Crippen LogP contribution in [0.25, 0.3) is 0 Å². The van der Waals surface area contributed by atoms with Gasteiger partial charge in [0.1, 0.15) is 11.5 Å². The molecule has 22 heavy (non-hydrogen) atoms. The number of phenols is 1. The molecule has 6 heteroatoms. The molecule has 0 radical (unpaired) electrons. The molecule has 0 bridgehead atoms. The molecule has 1 amide bonds. The summed E-state index contributed by atoms with van der Waals surface area (Å²) in [6, 6.07) is 12.0. The van der Waals surface area contributed by atoms with Gasteiger partial charge in [-0.2, -0.15) is 5.10 Å². The minimum absolute atomic E-state index is 0.0991. The summed E-state index contributed by atoms with van der Waals surface area (Å²) < 4.78 is 5.79. The Morgan fingerprint density at radius 3 is 2.55 bits per heavy atom. The van der Waals surface area contributed by atoms with E-state index in [1.54, 1.807) is 20.1 Å². The predicted octanol–water partition coefficient (Wildman–Crippen LogP) is 3.32. The molecule has 0 aliphatic heterocycles. The Hall–Kier alpha value is -2.34. The number of halogens is 1. The van der Waals surface area contributed by atoms with Crippen LogP contribution in [0.1, 0.15) is 22.8 Å². The smallest absolute Gasteiger partial charge is 0.275 e. The van der Waals surface area contributed by atoms with E-state index < -0.39 is 5.91 Å². The molecule has 0 unspecified atom stereocenters. The van der Waals surface area contributed by atoms with Gasteiger partial charge in [-0.15, -0.1) is 0 Å². The zero-order chi connectivity index (χ0) is 16.1. The number of phenolic OH excluding ortho intramolecular Hbond substituents is 1. The van der Waals surface area contributed by atoms with Crippen LogP contribution in [0.4, 0.5) is 0 Å². The molecular weight excluding hydrogens is 348 g/mol. The average molecular weight is 363 g/mol. The van der Waals surface area contributed by atoms with Gasteiger partial charge in [0.25, 0.3) is 5.91 Å². The third-order valence-corrected chi connectivity index (χ3v) is 3.53. The second kappa shape index (κ2) is 7.09. The van der Waals surface area contributed by atoms with Gasteiger partial charge in [0, 0.05) is 4.47 Å². The minimum atomic E-state index is -0.480. The maximum atomic E-state index is 12.0. The first-order valence-electron chi connectivity index (χ1n) is 6.49. The quantitative estimate of drug-likeness (QED) is 0.647. The molecule has 0 saturated carbocycles. The van der Waals surface area contributed by atoms with E-state index >= 15 is 0 Å². The highest BCUT2D eigenvalue weighted by Crippen LogP contribution is 2.21. The lowest BCUT2D eigenvalue weighted by Crippen LogP contribution is -2.19. The third-order valence-electron chi connectivity index (χ3n) is 3.04. The van der Waals surface area contributed by atoms with E-state index in [1.165, 1.54) is 12.1 Å². The van der Waals surface area contributed by atoms with Crippen molar-refractivity contribution in [3.05, 3.63) is 58.1 Å². The Bertz CT molecular complexity index is 712. The highest BCUT2D eigenvalue weighted by molar-refractivity contribution is 9.10. The molecular formula is C16H15BrN2O3. The number of amides is 1. The van der Waals surface area contributed by atoms with Crippen molar-refractivity contribution in [3.63, 3.8) is 0 Å². The summed E-state index contributed by atoms with van der Waals surface area (Å²) in [7, 11) is 1.60. The van der Waals surface area contributed by atoms with Crippen molar-refractivity contribution in [2.75, 3.05) is 7.11 Å². The first-order chi connectivity index (χ1) is 10.5. The number of ether oxygens (including phenoxy) is 1. The fourth-order valence-electron chi connectivity index (χ4n) is 1.78. The van der Waals surface area contributed by atoms with Crippen LogP contribution in [0.5, 0.6) is 11.5 Å². The van der Waals surface area contributed by atoms with Crippen LogP contribution < -0.4 is 10.2 Å². The number of aromatic hydroxyl groups is 1. The first-order valence-corrected chi connectivity index (χ1v) is 7.28. The van der Waals surface area contributed by atoms with Gasteiger partial charge in [0.05, 0.1) is 18.4 Å². The molecule has 2 rings (SSSR count). The van der Waals surface area contributed by atoms with Gasteiger partial charge in [-0.25, -0.2) is 5.43 Å². The summed E-state index contributed by atoms with van der Waals surface area (Å²) in [4.78, 5) is 12.0. The maximum absolute atomic E-state index is 12.0.